The number of benzene rings is 1. The number of rotatable bonds is 6. The lowest BCUT2D eigenvalue weighted by Crippen LogP contribution is -2.41. The molecular weight excluding hydrogens is 282 g/mol. The highest BCUT2D eigenvalue weighted by molar-refractivity contribution is 6.30. The molecule has 7 heteroatoms. The van der Waals surface area contributed by atoms with Gasteiger partial charge in [-0.1, -0.05) is 11.6 Å². The van der Waals surface area contributed by atoms with Crippen LogP contribution in [0, 0.1) is 15.5 Å². The fourth-order valence-corrected chi connectivity index (χ4v) is 2.00. The lowest BCUT2D eigenvalue weighted by molar-refractivity contribution is -0.385. The van der Waals surface area contributed by atoms with Gasteiger partial charge in [-0.3, -0.25) is 14.9 Å². The summed E-state index contributed by atoms with van der Waals surface area (Å²) >= 11 is 5.85. The van der Waals surface area contributed by atoms with Gasteiger partial charge in [0.05, 0.1) is 10.3 Å². The van der Waals surface area contributed by atoms with Gasteiger partial charge in [-0.2, -0.15) is 0 Å². The van der Waals surface area contributed by atoms with Crippen molar-refractivity contribution in [3.63, 3.8) is 0 Å². The molecule has 1 rings (SSSR count). The lowest BCUT2D eigenvalue weighted by Gasteiger charge is -2.22. The molecule has 0 spiro atoms. The van der Waals surface area contributed by atoms with Crippen LogP contribution in [0.25, 0.3) is 0 Å². The minimum Gasteiger partial charge on any atom is -0.359 e. The number of nitro groups is 1. The zero-order valence-corrected chi connectivity index (χ0v) is 12.5. The second-order valence-corrected chi connectivity index (χ2v) is 5.53. The molecule has 0 aliphatic heterocycles. The molecule has 20 heavy (non-hydrogen) atoms. The second kappa shape index (κ2) is 6.67. The number of nitrogens with one attached hydrogen (secondary N) is 2. The van der Waals surface area contributed by atoms with E-state index in [9.17, 15) is 14.9 Å². The van der Waals surface area contributed by atoms with Gasteiger partial charge in [-0.15, -0.1) is 0 Å². The average Bonchev–Trinajstić information content (AvgIpc) is 2.37. The van der Waals surface area contributed by atoms with Crippen molar-refractivity contribution in [1.82, 2.24) is 10.6 Å². The van der Waals surface area contributed by atoms with E-state index in [1.165, 1.54) is 12.1 Å². The minimum atomic E-state index is -0.595. The largest absolute Gasteiger partial charge is 0.359 e. The topological polar surface area (TPSA) is 84.3 Å². The summed E-state index contributed by atoms with van der Waals surface area (Å²) in [6.07, 6.45) is 0. The third kappa shape index (κ3) is 4.18. The molecule has 0 atom stereocenters. The summed E-state index contributed by atoms with van der Waals surface area (Å²) in [6, 6.07) is 4.42. The zero-order chi connectivity index (χ0) is 15.3. The molecule has 0 aromatic heterocycles. The molecule has 0 aliphatic rings. The molecule has 1 amide bonds. The van der Waals surface area contributed by atoms with E-state index in [1.807, 2.05) is 0 Å². The highest BCUT2D eigenvalue weighted by Crippen LogP contribution is 2.23. The minimum absolute atomic E-state index is 0.0136. The van der Waals surface area contributed by atoms with Crippen LogP contribution in [0.3, 0.4) is 0 Å². The Balaban J connectivity index is 2.73. The molecule has 0 saturated heterocycles. The van der Waals surface area contributed by atoms with Crippen LogP contribution < -0.4 is 10.6 Å². The Morgan fingerprint density at radius 2 is 2.10 bits per heavy atom. The molecule has 6 nitrogen and oxygen atoms in total. The Bertz CT molecular complexity index is 518. The Morgan fingerprint density at radius 3 is 2.65 bits per heavy atom. The maximum absolute atomic E-state index is 11.6. The molecular formula is C13H18ClN3O3. The third-order valence-electron chi connectivity index (χ3n) is 2.96. The first-order chi connectivity index (χ1) is 9.27. The standard InChI is InChI=1S/C13H18ClN3O3/c1-13(2,12(18)15-3)8-16-7-9-6-10(14)4-5-11(9)17(19)20/h4-6,16H,7-8H2,1-3H3,(H,15,18). The predicted octanol–water partition coefficient (Wildman–Crippen LogP) is 2.11. The lowest BCUT2D eigenvalue weighted by atomic mass is 9.92. The smallest absolute Gasteiger partial charge is 0.273 e. The SMILES string of the molecule is CNC(=O)C(C)(C)CNCc1cc(Cl)ccc1[N+](=O)[O-]. The molecule has 0 unspecified atom stereocenters. The number of carbonyl (C=O) groups excluding carboxylic acids is 1. The third-order valence-corrected chi connectivity index (χ3v) is 3.20. The van der Waals surface area contributed by atoms with E-state index in [4.69, 9.17) is 11.6 Å². The molecule has 0 radical (unpaired) electrons. The van der Waals surface area contributed by atoms with Gasteiger partial charge in [-0.05, 0) is 26.0 Å². The van der Waals surface area contributed by atoms with Gasteiger partial charge in [0, 0.05) is 36.8 Å². The molecule has 110 valence electrons. The highest BCUT2D eigenvalue weighted by Gasteiger charge is 2.26. The fraction of sp³-hybridized carbons (Fsp3) is 0.462. The first-order valence-corrected chi connectivity index (χ1v) is 6.51. The normalized spacial score (nSPS) is 11.2. The summed E-state index contributed by atoms with van der Waals surface area (Å²) in [6.45, 7) is 4.27. The van der Waals surface area contributed by atoms with Crippen molar-refractivity contribution in [2.75, 3.05) is 13.6 Å². The molecule has 0 saturated carbocycles. The van der Waals surface area contributed by atoms with Crippen LogP contribution in [0.1, 0.15) is 19.4 Å². The number of amides is 1. The number of nitrogens with zero attached hydrogens (tertiary/aromatic N) is 1. The first-order valence-electron chi connectivity index (χ1n) is 6.13. The van der Waals surface area contributed by atoms with Gasteiger partial charge >= 0.3 is 0 Å². The van der Waals surface area contributed by atoms with Gasteiger partial charge in [0.25, 0.3) is 5.69 Å². The monoisotopic (exact) mass is 299 g/mol. The summed E-state index contributed by atoms with van der Waals surface area (Å²) < 4.78 is 0. The van der Waals surface area contributed by atoms with Gasteiger partial charge in [0.2, 0.25) is 5.91 Å². The average molecular weight is 300 g/mol. The predicted molar refractivity (Wildman–Crippen MR) is 77.7 cm³/mol. The van der Waals surface area contributed by atoms with Crippen molar-refractivity contribution in [2.45, 2.75) is 20.4 Å². The molecule has 1 aromatic rings. The van der Waals surface area contributed by atoms with Crippen LogP contribution in [-0.4, -0.2) is 24.4 Å². The second-order valence-electron chi connectivity index (χ2n) is 5.10. The number of carbonyl (C=O) groups is 1. The Hall–Kier alpha value is -1.66. The molecule has 0 fully saturated rings. The molecule has 1 aromatic carbocycles. The zero-order valence-electron chi connectivity index (χ0n) is 11.7. The fourth-order valence-electron chi connectivity index (χ4n) is 1.80. The Kier molecular flexibility index (Phi) is 5.47. The number of halogens is 1. The quantitative estimate of drug-likeness (QED) is 0.622. The van der Waals surface area contributed by atoms with Gasteiger partial charge in [0.1, 0.15) is 0 Å². The highest BCUT2D eigenvalue weighted by atomic mass is 35.5. The van der Waals surface area contributed by atoms with Crippen LogP contribution in [0.4, 0.5) is 5.69 Å². The van der Waals surface area contributed by atoms with Gasteiger partial charge in [-0.25, -0.2) is 0 Å². The summed E-state index contributed by atoms with van der Waals surface area (Å²) in [5.41, 5.74) is -0.0860. The first kappa shape index (κ1) is 16.4. The molecule has 0 aliphatic carbocycles. The van der Waals surface area contributed by atoms with E-state index in [1.54, 1.807) is 27.0 Å². The Morgan fingerprint density at radius 1 is 1.45 bits per heavy atom. The summed E-state index contributed by atoms with van der Waals surface area (Å²) in [5, 5.41) is 17.0. The number of nitro benzene ring substituents is 1. The van der Waals surface area contributed by atoms with E-state index >= 15 is 0 Å². The van der Waals surface area contributed by atoms with Crippen LogP contribution in [0.5, 0.6) is 0 Å². The maximum atomic E-state index is 11.6. The van der Waals surface area contributed by atoms with Crippen molar-refractivity contribution >= 4 is 23.2 Å². The van der Waals surface area contributed by atoms with E-state index in [0.29, 0.717) is 17.1 Å². The van der Waals surface area contributed by atoms with Crippen LogP contribution >= 0.6 is 11.6 Å². The van der Waals surface area contributed by atoms with Gasteiger partial charge < -0.3 is 10.6 Å². The molecule has 0 heterocycles. The van der Waals surface area contributed by atoms with Crippen molar-refractivity contribution in [1.29, 1.82) is 0 Å². The van der Waals surface area contributed by atoms with Crippen LogP contribution in [0.15, 0.2) is 18.2 Å². The summed E-state index contributed by atoms with van der Waals surface area (Å²) in [7, 11) is 1.58. The maximum Gasteiger partial charge on any atom is 0.273 e. The number of hydrogen-bond acceptors (Lipinski definition) is 4. The van der Waals surface area contributed by atoms with E-state index in [0.717, 1.165) is 0 Å². The van der Waals surface area contributed by atoms with Gasteiger partial charge in [0.15, 0.2) is 0 Å². The number of hydrogen-bond donors (Lipinski definition) is 2. The van der Waals surface area contributed by atoms with Crippen LogP contribution in [-0.2, 0) is 11.3 Å². The van der Waals surface area contributed by atoms with Crippen molar-refractivity contribution < 1.29 is 9.72 Å². The molecule has 2 N–H and O–H groups in total. The van der Waals surface area contributed by atoms with E-state index in [2.05, 4.69) is 10.6 Å². The van der Waals surface area contributed by atoms with Crippen molar-refractivity contribution in [2.24, 2.45) is 5.41 Å². The van der Waals surface area contributed by atoms with Crippen molar-refractivity contribution in [3.05, 3.63) is 38.9 Å². The summed E-state index contributed by atoms with van der Waals surface area (Å²) in [5.74, 6) is -0.0920. The molecule has 0 bridgehead atoms. The van der Waals surface area contributed by atoms with Crippen molar-refractivity contribution in [3.8, 4) is 0 Å². The van der Waals surface area contributed by atoms with E-state index in [-0.39, 0.29) is 18.1 Å². The summed E-state index contributed by atoms with van der Waals surface area (Å²) in [4.78, 5) is 22.1. The van der Waals surface area contributed by atoms with Crippen LogP contribution in [0.2, 0.25) is 5.02 Å². The Labute approximate surface area is 122 Å². The van der Waals surface area contributed by atoms with E-state index < -0.39 is 10.3 Å².